The van der Waals surface area contributed by atoms with E-state index in [0.29, 0.717) is 19.3 Å². The van der Waals surface area contributed by atoms with Crippen molar-refractivity contribution in [1.29, 1.82) is 0 Å². The summed E-state index contributed by atoms with van der Waals surface area (Å²) >= 11 is -1.65. The van der Waals surface area contributed by atoms with Gasteiger partial charge in [0.2, 0.25) is 11.8 Å². The molecule has 0 spiro atoms. The molecule has 1 aliphatic carbocycles. The van der Waals surface area contributed by atoms with Gasteiger partial charge in [0.1, 0.15) is 28.0 Å². The molecule has 2 rings (SSSR count). The zero-order valence-electron chi connectivity index (χ0n) is 24.8. The Morgan fingerprint density at radius 2 is 1.82 bits per heavy atom. The highest BCUT2D eigenvalue weighted by Crippen LogP contribution is 2.45. The van der Waals surface area contributed by atoms with Crippen LogP contribution in [0.5, 0.6) is 0 Å². The zero-order chi connectivity index (χ0) is 29.6. The first-order valence-electron chi connectivity index (χ1n) is 14.1. The van der Waals surface area contributed by atoms with Crippen LogP contribution in [-0.4, -0.2) is 67.8 Å². The SMILES string of the molecule is CC[C@H]1C(=O)N[C@]2(C(=O)N[S+]([O-])C(C)(C)C)C[C@H]2/C=C\CCCCC[C@H](NC(=O)OC(C)(C)C)C(=O)N1CC. The second-order valence-electron chi connectivity index (χ2n) is 12.4. The first kappa shape index (κ1) is 32.9. The van der Waals surface area contributed by atoms with Gasteiger partial charge in [0, 0.05) is 12.5 Å². The van der Waals surface area contributed by atoms with Gasteiger partial charge in [0.05, 0.1) is 11.4 Å². The van der Waals surface area contributed by atoms with Gasteiger partial charge in [0.25, 0.3) is 5.91 Å². The third kappa shape index (κ3) is 9.13. The third-order valence-corrected chi connectivity index (χ3v) is 8.40. The van der Waals surface area contributed by atoms with Gasteiger partial charge in [-0.2, -0.15) is 4.72 Å². The van der Waals surface area contributed by atoms with Gasteiger partial charge in [-0.25, -0.2) is 4.79 Å². The number of alkyl carbamates (subject to hydrolysis) is 1. The van der Waals surface area contributed by atoms with Gasteiger partial charge < -0.3 is 24.8 Å². The summed E-state index contributed by atoms with van der Waals surface area (Å²) < 4.78 is 20.0. The Bertz CT molecular complexity index is 928. The van der Waals surface area contributed by atoms with Crippen LogP contribution in [0.2, 0.25) is 0 Å². The van der Waals surface area contributed by atoms with Gasteiger partial charge >= 0.3 is 6.09 Å². The molecule has 5 atom stereocenters. The maximum atomic E-state index is 13.7. The smallest absolute Gasteiger partial charge is 0.408 e. The minimum absolute atomic E-state index is 0.228. The molecule has 0 aromatic heterocycles. The Labute approximate surface area is 236 Å². The minimum atomic E-state index is -1.65. The van der Waals surface area contributed by atoms with E-state index >= 15 is 0 Å². The van der Waals surface area contributed by atoms with Crippen LogP contribution in [0.3, 0.4) is 0 Å². The molecule has 0 saturated heterocycles. The van der Waals surface area contributed by atoms with Gasteiger partial charge in [0.15, 0.2) is 0 Å². The Morgan fingerprint density at radius 3 is 2.38 bits per heavy atom. The third-order valence-electron chi connectivity index (χ3n) is 6.92. The Kier molecular flexibility index (Phi) is 11.3. The average Bonchev–Trinajstić information content (AvgIpc) is 3.51. The molecule has 0 bridgehead atoms. The monoisotopic (exact) mass is 568 g/mol. The van der Waals surface area contributed by atoms with Gasteiger partial charge in [-0.15, -0.1) is 0 Å². The maximum Gasteiger partial charge on any atom is 0.408 e. The molecule has 3 N–H and O–H groups in total. The molecule has 1 aliphatic heterocycles. The average molecular weight is 569 g/mol. The van der Waals surface area contributed by atoms with E-state index in [2.05, 4.69) is 15.4 Å². The summed E-state index contributed by atoms with van der Waals surface area (Å²) in [4.78, 5) is 54.8. The van der Waals surface area contributed by atoms with E-state index in [1.165, 1.54) is 4.90 Å². The molecule has 0 aromatic rings. The van der Waals surface area contributed by atoms with Gasteiger partial charge in [-0.1, -0.05) is 31.9 Å². The lowest BCUT2D eigenvalue weighted by atomic mass is 10.0. The highest BCUT2D eigenvalue weighted by atomic mass is 32.2. The summed E-state index contributed by atoms with van der Waals surface area (Å²) in [5.74, 6) is -1.53. The fraction of sp³-hybridized carbons (Fsp3) is 0.786. The molecule has 10 nitrogen and oxygen atoms in total. The van der Waals surface area contributed by atoms with Crippen LogP contribution in [0, 0.1) is 5.92 Å². The van der Waals surface area contributed by atoms with Crippen molar-refractivity contribution in [3.05, 3.63) is 12.2 Å². The number of allylic oxidation sites excluding steroid dienone is 1. The number of carbonyl (C=O) groups is 4. The van der Waals surface area contributed by atoms with Crippen LogP contribution in [-0.2, 0) is 30.5 Å². The van der Waals surface area contributed by atoms with E-state index in [1.54, 1.807) is 55.4 Å². The quantitative estimate of drug-likeness (QED) is 0.343. The normalized spacial score (nSPS) is 28.6. The Balaban J connectivity index is 2.35. The summed E-state index contributed by atoms with van der Waals surface area (Å²) in [7, 11) is 0. The number of hydrogen-bond donors (Lipinski definition) is 3. The fourth-order valence-electron chi connectivity index (χ4n) is 4.65. The summed E-state index contributed by atoms with van der Waals surface area (Å²) in [5, 5.41) is 5.65. The van der Waals surface area contributed by atoms with E-state index in [-0.39, 0.29) is 18.4 Å². The molecule has 0 aromatic carbocycles. The van der Waals surface area contributed by atoms with Gasteiger partial charge in [-0.05, 0) is 80.6 Å². The van der Waals surface area contributed by atoms with Crippen molar-refractivity contribution in [3.63, 3.8) is 0 Å². The molecular weight excluding hydrogens is 520 g/mol. The summed E-state index contributed by atoms with van der Waals surface area (Å²) in [6.45, 7) is 14.4. The van der Waals surface area contributed by atoms with Gasteiger partial charge in [-0.3, -0.25) is 14.4 Å². The number of amides is 4. The van der Waals surface area contributed by atoms with Crippen molar-refractivity contribution in [2.24, 2.45) is 5.92 Å². The molecular formula is C28H48N4O6S. The number of rotatable bonds is 5. The van der Waals surface area contributed by atoms with Crippen LogP contribution in [0.25, 0.3) is 0 Å². The number of nitrogens with zero attached hydrogens (tertiary/aromatic N) is 1. The Hall–Kier alpha value is -2.27. The number of carbonyl (C=O) groups excluding carboxylic acids is 4. The molecule has 1 heterocycles. The standard InChI is InChI=1S/C28H48N4O6S/c1-9-21-22(33)30-28(24(35)31-39(37)27(6,7)8)18-19(28)16-14-12-11-13-15-17-20(23(34)32(21)10-2)29-25(36)38-26(3,4)5/h14,16,19-21H,9-13,15,17-18H2,1-8H3,(H,29,36)(H,30,33)(H,31,35)/b16-14-/t19-,20+,21+,28-,39?/m1/s1. The molecule has 222 valence electrons. The van der Waals surface area contributed by atoms with Crippen molar-refractivity contribution in [2.75, 3.05) is 6.54 Å². The van der Waals surface area contributed by atoms with E-state index in [0.717, 1.165) is 25.7 Å². The molecule has 1 saturated carbocycles. The summed E-state index contributed by atoms with van der Waals surface area (Å²) in [6.07, 6.45) is 7.65. The first-order valence-corrected chi connectivity index (χ1v) is 15.2. The van der Waals surface area contributed by atoms with Crippen LogP contribution in [0.4, 0.5) is 4.79 Å². The van der Waals surface area contributed by atoms with Crippen molar-refractivity contribution >= 4 is 35.2 Å². The molecule has 1 fully saturated rings. The van der Waals surface area contributed by atoms with Crippen molar-refractivity contribution in [3.8, 4) is 0 Å². The van der Waals surface area contributed by atoms with Crippen LogP contribution in [0.15, 0.2) is 12.2 Å². The lowest BCUT2D eigenvalue weighted by molar-refractivity contribution is -0.143. The molecule has 39 heavy (non-hydrogen) atoms. The van der Waals surface area contributed by atoms with E-state index in [1.807, 2.05) is 12.2 Å². The number of hydrogen-bond acceptors (Lipinski definition) is 6. The van der Waals surface area contributed by atoms with Crippen molar-refractivity contribution in [2.45, 2.75) is 128 Å². The van der Waals surface area contributed by atoms with Crippen LogP contribution < -0.4 is 15.4 Å². The fourth-order valence-corrected chi connectivity index (χ4v) is 5.30. The van der Waals surface area contributed by atoms with Crippen LogP contribution in [0.1, 0.15) is 100 Å². The maximum absolute atomic E-state index is 13.7. The zero-order valence-corrected chi connectivity index (χ0v) is 25.7. The molecule has 1 unspecified atom stereocenters. The number of ether oxygens (including phenoxy) is 1. The minimum Gasteiger partial charge on any atom is -0.593 e. The molecule has 4 amide bonds. The number of nitrogens with one attached hydrogen (secondary N) is 3. The second kappa shape index (κ2) is 13.4. The highest BCUT2D eigenvalue weighted by molar-refractivity contribution is 7.91. The first-order chi connectivity index (χ1) is 18.1. The Morgan fingerprint density at radius 1 is 1.15 bits per heavy atom. The number of fused-ring (bicyclic) bond motifs is 1. The molecule has 11 heteroatoms. The lowest BCUT2D eigenvalue weighted by Crippen LogP contribution is -2.60. The predicted molar refractivity (Wildman–Crippen MR) is 152 cm³/mol. The second-order valence-corrected chi connectivity index (χ2v) is 14.4. The van der Waals surface area contributed by atoms with Crippen LogP contribution >= 0.6 is 0 Å². The molecule has 2 aliphatic rings. The van der Waals surface area contributed by atoms with Crippen molar-refractivity contribution < 1.29 is 28.5 Å². The molecule has 0 radical (unpaired) electrons. The van der Waals surface area contributed by atoms with Crippen molar-refractivity contribution in [1.82, 2.24) is 20.3 Å². The topological polar surface area (TPSA) is 140 Å². The summed E-state index contributed by atoms with van der Waals surface area (Å²) in [6, 6.07) is -1.69. The predicted octanol–water partition coefficient (Wildman–Crippen LogP) is 3.48. The number of likely N-dealkylation sites (N-methyl/N-ethyl adjacent to an activating group) is 1. The van der Waals surface area contributed by atoms with E-state index in [9.17, 15) is 23.7 Å². The highest BCUT2D eigenvalue weighted by Gasteiger charge is 2.62. The lowest BCUT2D eigenvalue weighted by Gasteiger charge is -2.34. The van der Waals surface area contributed by atoms with E-state index in [4.69, 9.17) is 4.74 Å². The largest absolute Gasteiger partial charge is 0.593 e. The van der Waals surface area contributed by atoms with E-state index < -0.39 is 57.2 Å². The summed E-state index contributed by atoms with van der Waals surface area (Å²) in [5.41, 5.74) is -1.94.